The number of carbonyl (C=O) groups is 2. The molecule has 31 heavy (non-hydrogen) atoms. The Hall–Kier alpha value is -2.41. The van der Waals surface area contributed by atoms with Gasteiger partial charge < -0.3 is 15.5 Å². The second kappa shape index (κ2) is 11.3. The van der Waals surface area contributed by atoms with E-state index in [-0.39, 0.29) is 11.8 Å². The summed E-state index contributed by atoms with van der Waals surface area (Å²) >= 11 is 6.13. The van der Waals surface area contributed by atoms with Crippen molar-refractivity contribution in [1.82, 2.24) is 10.2 Å². The molecule has 0 bridgehead atoms. The Morgan fingerprint density at radius 1 is 1.06 bits per heavy atom. The second-order valence-corrected chi connectivity index (χ2v) is 8.03. The van der Waals surface area contributed by atoms with E-state index in [2.05, 4.69) is 29.4 Å². The molecule has 1 aliphatic rings. The smallest absolute Gasteiger partial charge is 0.257 e. The monoisotopic (exact) mass is 442 g/mol. The summed E-state index contributed by atoms with van der Waals surface area (Å²) in [4.78, 5) is 30.0. The molecule has 0 atom stereocenters. The Labute approximate surface area is 189 Å². The summed E-state index contributed by atoms with van der Waals surface area (Å²) in [5.41, 5.74) is 2.24. The number of nitrogens with zero attached hydrogens (tertiary/aromatic N) is 2. The Bertz CT molecular complexity index is 914. The largest absolute Gasteiger partial charge is 0.320 e. The van der Waals surface area contributed by atoms with Crippen molar-refractivity contribution in [2.24, 2.45) is 0 Å². The van der Waals surface area contributed by atoms with Crippen LogP contribution < -0.4 is 15.5 Å². The van der Waals surface area contributed by atoms with Crippen molar-refractivity contribution in [3.8, 4) is 0 Å². The zero-order valence-electron chi connectivity index (χ0n) is 18.3. The standard InChI is InChI=1S/C24H31ClN4O2/c1-3-28(4-2)16-8-15-26-14-7-11-23(30)29-21-10-6-5-9-19(21)24(31)27-20-17-18(25)12-13-22(20)29/h5-6,9-10,12-13,17,26H,3-4,7-8,11,14-16H2,1-2H3,(H,27,31). The average Bonchev–Trinajstić information content (AvgIpc) is 2.89. The summed E-state index contributed by atoms with van der Waals surface area (Å²) < 4.78 is 0. The summed E-state index contributed by atoms with van der Waals surface area (Å²) in [7, 11) is 0. The Balaban J connectivity index is 1.64. The van der Waals surface area contributed by atoms with Crippen LogP contribution in [0.15, 0.2) is 42.5 Å². The van der Waals surface area contributed by atoms with Crippen molar-refractivity contribution in [2.75, 3.05) is 42.9 Å². The molecular weight excluding hydrogens is 412 g/mol. The highest BCUT2D eigenvalue weighted by Gasteiger charge is 2.28. The number of para-hydroxylation sites is 1. The SMILES string of the molecule is CCN(CC)CCCNCCCC(=O)N1c2ccc(Cl)cc2NC(=O)c2ccccc21. The molecule has 3 rings (SSSR count). The van der Waals surface area contributed by atoms with Crippen LogP contribution in [0.2, 0.25) is 5.02 Å². The molecule has 0 radical (unpaired) electrons. The van der Waals surface area contributed by atoms with Crippen LogP contribution in [-0.2, 0) is 4.79 Å². The number of nitrogens with one attached hydrogen (secondary N) is 2. The summed E-state index contributed by atoms with van der Waals surface area (Å²) in [6, 6.07) is 12.4. The van der Waals surface area contributed by atoms with Crippen molar-refractivity contribution in [3.05, 3.63) is 53.1 Å². The van der Waals surface area contributed by atoms with Crippen molar-refractivity contribution in [3.63, 3.8) is 0 Å². The van der Waals surface area contributed by atoms with Crippen LogP contribution in [0.1, 0.15) is 43.5 Å². The van der Waals surface area contributed by atoms with Crippen molar-refractivity contribution < 1.29 is 9.59 Å². The number of carbonyl (C=O) groups excluding carboxylic acids is 2. The number of benzene rings is 2. The van der Waals surface area contributed by atoms with Crippen molar-refractivity contribution in [2.45, 2.75) is 33.1 Å². The molecule has 0 unspecified atom stereocenters. The number of halogens is 1. The fourth-order valence-corrected chi connectivity index (χ4v) is 3.99. The molecule has 2 aromatic carbocycles. The third-order valence-electron chi connectivity index (χ3n) is 5.55. The summed E-state index contributed by atoms with van der Waals surface area (Å²) in [6.45, 7) is 9.32. The predicted molar refractivity (Wildman–Crippen MR) is 128 cm³/mol. The Kier molecular flexibility index (Phi) is 8.46. The van der Waals surface area contributed by atoms with Gasteiger partial charge in [-0.3, -0.25) is 14.5 Å². The van der Waals surface area contributed by atoms with Crippen LogP contribution in [0, 0.1) is 0 Å². The number of hydrogen-bond acceptors (Lipinski definition) is 4. The van der Waals surface area contributed by atoms with Crippen LogP contribution in [0.3, 0.4) is 0 Å². The molecule has 1 aliphatic heterocycles. The zero-order chi connectivity index (χ0) is 22.2. The first-order valence-electron chi connectivity index (χ1n) is 11.0. The minimum atomic E-state index is -0.246. The van der Waals surface area contributed by atoms with Gasteiger partial charge in [0.2, 0.25) is 5.91 Å². The first-order chi connectivity index (χ1) is 15.0. The van der Waals surface area contributed by atoms with Crippen LogP contribution in [0.4, 0.5) is 17.1 Å². The molecule has 0 saturated heterocycles. The molecule has 0 saturated carbocycles. The van der Waals surface area contributed by atoms with Crippen molar-refractivity contribution >= 4 is 40.5 Å². The van der Waals surface area contributed by atoms with Gasteiger partial charge in [-0.05, 0) is 75.9 Å². The van der Waals surface area contributed by atoms with Gasteiger partial charge >= 0.3 is 0 Å². The summed E-state index contributed by atoms with van der Waals surface area (Å²) in [5.74, 6) is -0.290. The molecule has 0 spiro atoms. The molecule has 7 heteroatoms. The lowest BCUT2D eigenvalue weighted by atomic mass is 10.1. The first-order valence-corrected chi connectivity index (χ1v) is 11.4. The third-order valence-corrected chi connectivity index (χ3v) is 5.79. The van der Waals surface area contributed by atoms with Crippen LogP contribution in [-0.4, -0.2) is 49.4 Å². The minimum Gasteiger partial charge on any atom is -0.320 e. The van der Waals surface area contributed by atoms with Gasteiger partial charge in [0.05, 0.1) is 22.6 Å². The van der Waals surface area contributed by atoms with E-state index in [1.54, 1.807) is 35.2 Å². The molecule has 2 N–H and O–H groups in total. The van der Waals surface area contributed by atoms with E-state index in [1.165, 1.54) is 0 Å². The van der Waals surface area contributed by atoms with E-state index in [0.29, 0.717) is 34.1 Å². The van der Waals surface area contributed by atoms with Gasteiger partial charge in [-0.15, -0.1) is 0 Å². The number of anilines is 3. The summed E-state index contributed by atoms with van der Waals surface area (Å²) in [5, 5.41) is 6.82. The zero-order valence-corrected chi connectivity index (χ0v) is 19.0. The maximum Gasteiger partial charge on any atom is 0.257 e. The van der Waals surface area contributed by atoms with Gasteiger partial charge in [-0.1, -0.05) is 37.6 Å². The number of rotatable bonds is 10. The van der Waals surface area contributed by atoms with E-state index in [1.807, 2.05) is 12.1 Å². The Morgan fingerprint density at radius 3 is 2.58 bits per heavy atom. The van der Waals surface area contributed by atoms with Gasteiger partial charge in [0.15, 0.2) is 0 Å². The Morgan fingerprint density at radius 2 is 1.81 bits per heavy atom. The van der Waals surface area contributed by atoms with Crippen LogP contribution >= 0.6 is 11.6 Å². The number of amides is 2. The molecule has 0 aliphatic carbocycles. The van der Waals surface area contributed by atoms with Gasteiger partial charge in [0.1, 0.15) is 0 Å². The van der Waals surface area contributed by atoms with Crippen molar-refractivity contribution in [1.29, 1.82) is 0 Å². The molecule has 6 nitrogen and oxygen atoms in total. The van der Waals surface area contributed by atoms with Gasteiger partial charge in [0.25, 0.3) is 5.91 Å². The fraction of sp³-hybridized carbons (Fsp3) is 0.417. The molecule has 166 valence electrons. The second-order valence-electron chi connectivity index (χ2n) is 7.60. The topological polar surface area (TPSA) is 64.7 Å². The minimum absolute atomic E-state index is 0.0440. The van der Waals surface area contributed by atoms with E-state index >= 15 is 0 Å². The van der Waals surface area contributed by atoms with E-state index < -0.39 is 0 Å². The lowest BCUT2D eigenvalue weighted by Gasteiger charge is -2.24. The highest BCUT2D eigenvalue weighted by Crippen LogP contribution is 2.39. The van der Waals surface area contributed by atoms with Gasteiger partial charge in [-0.2, -0.15) is 0 Å². The highest BCUT2D eigenvalue weighted by molar-refractivity contribution is 6.31. The molecular formula is C24H31ClN4O2. The molecule has 0 fully saturated rings. The molecule has 2 amide bonds. The third kappa shape index (κ3) is 5.85. The molecule has 1 heterocycles. The van der Waals surface area contributed by atoms with Crippen LogP contribution in [0.25, 0.3) is 0 Å². The van der Waals surface area contributed by atoms with Crippen LogP contribution in [0.5, 0.6) is 0 Å². The summed E-state index contributed by atoms with van der Waals surface area (Å²) in [6.07, 6.45) is 2.21. The maximum absolute atomic E-state index is 13.2. The number of fused-ring (bicyclic) bond motifs is 2. The van der Waals surface area contributed by atoms with E-state index in [0.717, 1.165) is 45.6 Å². The lowest BCUT2D eigenvalue weighted by molar-refractivity contribution is -0.118. The quantitative estimate of drug-likeness (QED) is 0.525. The molecule has 2 aromatic rings. The predicted octanol–water partition coefficient (Wildman–Crippen LogP) is 4.67. The molecule has 0 aromatic heterocycles. The van der Waals surface area contributed by atoms with Gasteiger partial charge in [-0.25, -0.2) is 0 Å². The first kappa shape index (κ1) is 23.3. The fourth-order valence-electron chi connectivity index (χ4n) is 3.82. The van der Waals surface area contributed by atoms with E-state index in [9.17, 15) is 9.59 Å². The lowest BCUT2D eigenvalue weighted by Crippen LogP contribution is -2.29. The van der Waals surface area contributed by atoms with E-state index in [4.69, 9.17) is 11.6 Å². The normalized spacial score (nSPS) is 12.9. The van der Waals surface area contributed by atoms with Gasteiger partial charge in [0, 0.05) is 11.4 Å². The highest BCUT2D eigenvalue weighted by atomic mass is 35.5. The maximum atomic E-state index is 13.2. The average molecular weight is 443 g/mol. The number of hydrogen-bond donors (Lipinski definition) is 2.